The van der Waals surface area contributed by atoms with Crippen LogP contribution in [0.25, 0.3) is 0 Å². The molecule has 1 fully saturated rings. The van der Waals surface area contributed by atoms with Crippen LogP contribution in [0, 0.1) is 12.3 Å². The lowest BCUT2D eigenvalue weighted by Gasteiger charge is -2.27. The largest absolute Gasteiger partial charge is 0.346 e. The van der Waals surface area contributed by atoms with Gasteiger partial charge in [-0.2, -0.15) is 0 Å². The molecule has 0 unspecified atom stereocenters. The molecule has 0 bridgehead atoms. The Morgan fingerprint density at radius 2 is 2.07 bits per heavy atom. The molecule has 5 heteroatoms. The number of nitrogens with zero attached hydrogens (tertiary/aromatic N) is 1. The van der Waals surface area contributed by atoms with E-state index in [0.717, 1.165) is 13.1 Å². The van der Waals surface area contributed by atoms with Gasteiger partial charge in [0.2, 0.25) is 11.8 Å². The van der Waals surface area contributed by atoms with Crippen LogP contribution >= 0.6 is 0 Å². The number of carbonyl (C=O) groups is 2. The highest BCUT2D eigenvalue weighted by Gasteiger charge is 2.15. The van der Waals surface area contributed by atoms with E-state index in [1.807, 2.05) is 0 Å². The molecule has 1 aliphatic heterocycles. The number of terminal acetylenes is 1. The van der Waals surface area contributed by atoms with Crippen LogP contribution in [0.15, 0.2) is 0 Å². The number of amides is 2. The van der Waals surface area contributed by atoms with Gasteiger partial charge in [-0.1, -0.05) is 5.92 Å². The second-order valence-electron chi connectivity index (χ2n) is 3.29. The first-order chi connectivity index (χ1) is 7.24. The van der Waals surface area contributed by atoms with Gasteiger partial charge < -0.3 is 15.5 Å². The van der Waals surface area contributed by atoms with Gasteiger partial charge in [0.15, 0.2) is 0 Å². The number of hydrogen-bond donors (Lipinski definition) is 2. The minimum atomic E-state index is -0.277. The number of carbonyl (C=O) groups excluding carboxylic acids is 2. The zero-order valence-electron chi connectivity index (χ0n) is 8.58. The Balaban J connectivity index is 2.23. The molecule has 0 aromatic rings. The fourth-order valence-electron chi connectivity index (χ4n) is 1.36. The standard InChI is InChI=1S/C10H15N3O2/c1-2-3-9(14)12-8-10(15)13-6-4-11-5-7-13/h1,11H,3-8H2,(H,12,14). The van der Waals surface area contributed by atoms with Crippen LogP contribution in [0.1, 0.15) is 6.42 Å². The van der Waals surface area contributed by atoms with E-state index in [1.54, 1.807) is 4.90 Å². The van der Waals surface area contributed by atoms with Gasteiger partial charge in [-0.3, -0.25) is 9.59 Å². The van der Waals surface area contributed by atoms with Gasteiger partial charge in [-0.05, 0) is 0 Å². The number of piperazine rings is 1. The fourth-order valence-corrected chi connectivity index (χ4v) is 1.36. The van der Waals surface area contributed by atoms with Crippen molar-refractivity contribution in [1.29, 1.82) is 0 Å². The molecule has 0 aliphatic carbocycles. The lowest BCUT2D eigenvalue weighted by atomic mass is 10.3. The summed E-state index contributed by atoms with van der Waals surface area (Å²) in [5.41, 5.74) is 0. The maximum absolute atomic E-state index is 11.5. The average Bonchev–Trinajstić information content (AvgIpc) is 2.27. The van der Waals surface area contributed by atoms with Crippen LogP contribution in [0.2, 0.25) is 0 Å². The van der Waals surface area contributed by atoms with Gasteiger partial charge in [0, 0.05) is 26.2 Å². The first-order valence-electron chi connectivity index (χ1n) is 4.92. The Morgan fingerprint density at radius 1 is 1.40 bits per heavy atom. The molecule has 1 aliphatic rings. The Hall–Kier alpha value is -1.54. The van der Waals surface area contributed by atoms with Gasteiger partial charge in [0.1, 0.15) is 0 Å². The quantitative estimate of drug-likeness (QED) is 0.559. The van der Waals surface area contributed by atoms with Crippen LogP contribution in [0.5, 0.6) is 0 Å². The SMILES string of the molecule is C#CCC(=O)NCC(=O)N1CCNCC1. The minimum Gasteiger partial charge on any atom is -0.346 e. The van der Waals surface area contributed by atoms with Crippen molar-refractivity contribution in [3.63, 3.8) is 0 Å². The molecule has 5 nitrogen and oxygen atoms in total. The molecule has 0 spiro atoms. The molecule has 0 aromatic carbocycles. The van der Waals surface area contributed by atoms with Crippen molar-refractivity contribution in [2.75, 3.05) is 32.7 Å². The zero-order valence-corrected chi connectivity index (χ0v) is 8.58. The van der Waals surface area contributed by atoms with E-state index in [9.17, 15) is 9.59 Å². The molecule has 0 saturated carbocycles. The number of nitrogens with one attached hydrogen (secondary N) is 2. The highest BCUT2D eigenvalue weighted by Crippen LogP contribution is 1.92. The molecule has 82 valence electrons. The Morgan fingerprint density at radius 3 is 2.67 bits per heavy atom. The Bertz CT molecular complexity index is 277. The molecule has 1 rings (SSSR count). The molecule has 2 amide bonds. The van der Waals surface area contributed by atoms with Gasteiger partial charge >= 0.3 is 0 Å². The average molecular weight is 209 g/mol. The molecule has 1 heterocycles. The van der Waals surface area contributed by atoms with Crippen LogP contribution in [0.3, 0.4) is 0 Å². The summed E-state index contributed by atoms with van der Waals surface area (Å²) in [4.78, 5) is 24.3. The van der Waals surface area contributed by atoms with Gasteiger partial charge in [0.25, 0.3) is 0 Å². The van der Waals surface area contributed by atoms with Crippen molar-refractivity contribution in [3.8, 4) is 12.3 Å². The second kappa shape index (κ2) is 6.04. The van der Waals surface area contributed by atoms with Crippen LogP contribution < -0.4 is 10.6 Å². The maximum Gasteiger partial charge on any atom is 0.242 e. The summed E-state index contributed by atoms with van der Waals surface area (Å²) in [6, 6.07) is 0. The van der Waals surface area contributed by atoms with E-state index >= 15 is 0 Å². The summed E-state index contributed by atoms with van der Waals surface area (Å²) in [5.74, 6) is 1.89. The Labute approximate surface area is 89.2 Å². The first-order valence-corrected chi connectivity index (χ1v) is 4.92. The second-order valence-corrected chi connectivity index (χ2v) is 3.29. The third kappa shape index (κ3) is 4.00. The zero-order chi connectivity index (χ0) is 11.1. The van der Waals surface area contributed by atoms with Crippen molar-refractivity contribution >= 4 is 11.8 Å². The van der Waals surface area contributed by atoms with Crippen LogP contribution in [-0.4, -0.2) is 49.4 Å². The summed E-state index contributed by atoms with van der Waals surface area (Å²) >= 11 is 0. The summed E-state index contributed by atoms with van der Waals surface area (Å²) in [7, 11) is 0. The van der Waals surface area contributed by atoms with Crippen molar-refractivity contribution in [2.45, 2.75) is 6.42 Å². The van der Waals surface area contributed by atoms with E-state index in [2.05, 4.69) is 16.6 Å². The molecular weight excluding hydrogens is 194 g/mol. The molecule has 2 N–H and O–H groups in total. The Kier molecular flexibility index (Phi) is 4.64. The summed E-state index contributed by atoms with van der Waals surface area (Å²) in [6.45, 7) is 3.06. The van der Waals surface area contributed by atoms with E-state index < -0.39 is 0 Å². The van der Waals surface area contributed by atoms with Crippen LogP contribution in [-0.2, 0) is 9.59 Å². The van der Waals surface area contributed by atoms with E-state index in [4.69, 9.17) is 6.42 Å². The molecular formula is C10H15N3O2. The van der Waals surface area contributed by atoms with Gasteiger partial charge in [0.05, 0.1) is 13.0 Å². The third-order valence-corrected chi connectivity index (χ3v) is 2.17. The first kappa shape index (κ1) is 11.5. The molecule has 15 heavy (non-hydrogen) atoms. The van der Waals surface area contributed by atoms with Gasteiger partial charge in [-0.15, -0.1) is 6.42 Å². The molecule has 0 atom stereocenters. The van der Waals surface area contributed by atoms with Crippen molar-refractivity contribution < 1.29 is 9.59 Å². The fraction of sp³-hybridized carbons (Fsp3) is 0.600. The van der Waals surface area contributed by atoms with Crippen LogP contribution in [0.4, 0.5) is 0 Å². The topological polar surface area (TPSA) is 61.4 Å². The summed E-state index contributed by atoms with van der Waals surface area (Å²) in [5, 5.41) is 5.63. The maximum atomic E-state index is 11.5. The third-order valence-electron chi connectivity index (χ3n) is 2.17. The van der Waals surface area contributed by atoms with E-state index in [-0.39, 0.29) is 24.8 Å². The smallest absolute Gasteiger partial charge is 0.242 e. The predicted molar refractivity (Wildman–Crippen MR) is 55.9 cm³/mol. The van der Waals surface area contributed by atoms with E-state index in [0.29, 0.717) is 13.1 Å². The van der Waals surface area contributed by atoms with Crippen molar-refractivity contribution in [1.82, 2.24) is 15.5 Å². The van der Waals surface area contributed by atoms with E-state index in [1.165, 1.54) is 0 Å². The monoisotopic (exact) mass is 209 g/mol. The minimum absolute atomic E-state index is 0.0227. The highest BCUT2D eigenvalue weighted by molar-refractivity contribution is 5.85. The number of rotatable bonds is 3. The number of hydrogen-bond acceptors (Lipinski definition) is 3. The summed E-state index contributed by atoms with van der Waals surface area (Å²) in [6.07, 6.45) is 4.99. The van der Waals surface area contributed by atoms with Gasteiger partial charge in [-0.25, -0.2) is 0 Å². The lowest BCUT2D eigenvalue weighted by Crippen LogP contribution is -2.49. The lowest BCUT2D eigenvalue weighted by molar-refractivity contribution is -0.133. The van der Waals surface area contributed by atoms with Crippen molar-refractivity contribution in [2.24, 2.45) is 0 Å². The molecule has 0 aromatic heterocycles. The molecule has 0 radical (unpaired) electrons. The molecule has 1 saturated heterocycles. The van der Waals surface area contributed by atoms with Crippen molar-refractivity contribution in [3.05, 3.63) is 0 Å². The highest BCUT2D eigenvalue weighted by atomic mass is 16.2. The predicted octanol–water partition coefficient (Wildman–Crippen LogP) is -1.44. The normalized spacial score (nSPS) is 15.5. The summed E-state index contributed by atoms with van der Waals surface area (Å²) < 4.78 is 0.